The molecule has 1 aliphatic heterocycles. The molecule has 35 heavy (non-hydrogen) atoms. The molecule has 2 heterocycles. The molecule has 2 aromatic rings. The van der Waals surface area contributed by atoms with E-state index in [4.69, 9.17) is 4.74 Å². The molecule has 1 saturated heterocycles. The normalized spacial score (nSPS) is 20.1. The van der Waals surface area contributed by atoms with E-state index in [9.17, 15) is 13.2 Å². The molecule has 2 fully saturated rings. The third kappa shape index (κ3) is 5.86. The van der Waals surface area contributed by atoms with Gasteiger partial charge in [-0.3, -0.25) is 4.90 Å². The topological polar surface area (TPSA) is 79.8 Å². The van der Waals surface area contributed by atoms with E-state index in [-0.39, 0.29) is 18.2 Å². The van der Waals surface area contributed by atoms with Gasteiger partial charge in [-0.05, 0) is 77.1 Å². The Bertz CT molecular complexity index is 1120. The maximum Gasteiger partial charge on any atom is 0.416 e. The molecule has 0 radical (unpaired) electrons. The largest absolute Gasteiger partial charge is 0.443 e. The van der Waals surface area contributed by atoms with Crippen LogP contribution in [0.3, 0.4) is 0 Å². The van der Waals surface area contributed by atoms with E-state index in [2.05, 4.69) is 4.98 Å². The predicted molar refractivity (Wildman–Crippen MR) is 137 cm³/mol. The van der Waals surface area contributed by atoms with Gasteiger partial charge in [-0.15, -0.1) is 0 Å². The standard InChI is InChI=1S/C27H37N3O4S/c1-20-12-15-23(16-13-20)35(32,33)29-18-8-11-24(29)21-14-17-25(28-19-21)30(22-9-6-5-7-10-22)26(31)34-27(2,3)4/h12-17,19,22,24H,5-11,18H2,1-4H3/t24-/m0/s1. The number of carbonyl (C=O) groups excluding carboxylic acids is 1. The van der Waals surface area contributed by atoms with Gasteiger partial charge in [-0.25, -0.2) is 18.2 Å². The summed E-state index contributed by atoms with van der Waals surface area (Å²) in [6.07, 6.45) is 8.07. The van der Waals surface area contributed by atoms with Gasteiger partial charge >= 0.3 is 6.09 Å². The first-order chi connectivity index (χ1) is 16.6. The summed E-state index contributed by atoms with van der Waals surface area (Å²) < 4.78 is 34.0. The molecule has 4 rings (SSSR count). The van der Waals surface area contributed by atoms with E-state index in [0.29, 0.717) is 17.3 Å². The van der Waals surface area contributed by atoms with E-state index < -0.39 is 15.6 Å². The molecular weight excluding hydrogens is 462 g/mol. The average molecular weight is 500 g/mol. The van der Waals surface area contributed by atoms with Crippen LogP contribution in [-0.2, 0) is 14.8 Å². The van der Waals surface area contributed by atoms with Crippen LogP contribution in [0.4, 0.5) is 10.6 Å². The van der Waals surface area contributed by atoms with Crippen molar-refractivity contribution in [1.82, 2.24) is 9.29 Å². The van der Waals surface area contributed by atoms with Crippen molar-refractivity contribution < 1.29 is 17.9 Å². The summed E-state index contributed by atoms with van der Waals surface area (Å²) in [5, 5.41) is 0. The van der Waals surface area contributed by atoms with Crippen molar-refractivity contribution in [3.8, 4) is 0 Å². The van der Waals surface area contributed by atoms with Crippen molar-refractivity contribution in [3.63, 3.8) is 0 Å². The maximum atomic E-state index is 13.4. The van der Waals surface area contributed by atoms with Crippen LogP contribution in [0.1, 0.15) is 82.9 Å². The smallest absolute Gasteiger partial charge is 0.416 e. The highest BCUT2D eigenvalue weighted by atomic mass is 32.2. The highest BCUT2D eigenvalue weighted by molar-refractivity contribution is 7.89. The van der Waals surface area contributed by atoms with Gasteiger partial charge in [0.05, 0.1) is 10.9 Å². The number of aromatic nitrogens is 1. The van der Waals surface area contributed by atoms with Crippen LogP contribution in [0.15, 0.2) is 47.5 Å². The van der Waals surface area contributed by atoms with Crippen LogP contribution >= 0.6 is 0 Å². The maximum absolute atomic E-state index is 13.4. The fourth-order valence-corrected chi connectivity index (χ4v) is 6.71. The second-order valence-electron chi connectivity index (χ2n) is 10.7. The Morgan fingerprint density at radius 2 is 1.69 bits per heavy atom. The van der Waals surface area contributed by atoms with E-state index in [1.807, 2.05) is 52.0 Å². The van der Waals surface area contributed by atoms with Gasteiger partial charge < -0.3 is 4.74 Å². The third-order valence-electron chi connectivity index (χ3n) is 6.76. The molecule has 1 aromatic carbocycles. The summed E-state index contributed by atoms with van der Waals surface area (Å²) in [5.74, 6) is 0.556. The molecule has 8 heteroatoms. The van der Waals surface area contributed by atoms with E-state index in [0.717, 1.165) is 49.7 Å². The molecule has 190 valence electrons. The number of benzene rings is 1. The molecule has 1 atom stereocenters. The molecule has 1 aliphatic carbocycles. The lowest BCUT2D eigenvalue weighted by Gasteiger charge is -2.35. The molecule has 0 spiro atoms. The molecule has 2 aliphatic rings. The number of anilines is 1. The molecule has 1 saturated carbocycles. The van der Waals surface area contributed by atoms with Crippen LogP contribution in [0.2, 0.25) is 0 Å². The van der Waals surface area contributed by atoms with Crippen LogP contribution in [-0.4, -0.2) is 42.0 Å². The summed E-state index contributed by atoms with van der Waals surface area (Å²) in [5.41, 5.74) is 1.27. The van der Waals surface area contributed by atoms with E-state index in [1.165, 1.54) is 6.42 Å². The number of pyridine rings is 1. The number of ether oxygens (including phenoxy) is 1. The highest BCUT2D eigenvalue weighted by Crippen LogP contribution is 2.37. The van der Waals surface area contributed by atoms with Gasteiger partial charge in [0.1, 0.15) is 11.4 Å². The molecule has 0 unspecified atom stereocenters. The molecule has 1 amide bonds. The van der Waals surface area contributed by atoms with Gasteiger partial charge in [-0.1, -0.05) is 43.0 Å². The number of hydrogen-bond donors (Lipinski definition) is 0. The average Bonchev–Trinajstić information content (AvgIpc) is 3.31. The Morgan fingerprint density at radius 3 is 2.29 bits per heavy atom. The minimum atomic E-state index is -3.61. The fourth-order valence-electron chi connectivity index (χ4n) is 5.02. The van der Waals surface area contributed by atoms with Crippen LogP contribution < -0.4 is 4.90 Å². The number of aryl methyl sites for hydroxylation is 1. The van der Waals surface area contributed by atoms with Crippen molar-refractivity contribution in [2.24, 2.45) is 0 Å². The lowest BCUT2D eigenvalue weighted by Crippen LogP contribution is -2.45. The lowest BCUT2D eigenvalue weighted by atomic mass is 9.94. The van der Waals surface area contributed by atoms with Crippen molar-refractivity contribution >= 4 is 21.9 Å². The Kier molecular flexibility index (Phi) is 7.52. The second-order valence-corrected chi connectivity index (χ2v) is 12.6. The predicted octanol–water partition coefficient (Wildman–Crippen LogP) is 5.99. The first-order valence-electron chi connectivity index (χ1n) is 12.6. The number of rotatable bonds is 5. The molecule has 1 aromatic heterocycles. The van der Waals surface area contributed by atoms with Crippen LogP contribution in [0, 0.1) is 6.92 Å². The first-order valence-corrected chi connectivity index (χ1v) is 14.1. The van der Waals surface area contributed by atoms with Crippen molar-refractivity contribution in [1.29, 1.82) is 0 Å². The van der Waals surface area contributed by atoms with Gasteiger partial charge in [0.25, 0.3) is 0 Å². The Balaban J connectivity index is 1.59. The third-order valence-corrected chi connectivity index (χ3v) is 8.69. The van der Waals surface area contributed by atoms with E-state index >= 15 is 0 Å². The zero-order valence-electron chi connectivity index (χ0n) is 21.2. The molecule has 0 N–H and O–H groups in total. The van der Waals surface area contributed by atoms with Crippen molar-refractivity contribution in [2.45, 2.75) is 95.2 Å². The zero-order valence-corrected chi connectivity index (χ0v) is 22.1. The van der Waals surface area contributed by atoms with Gasteiger partial charge in [0.2, 0.25) is 10.0 Å². The summed E-state index contributed by atoms with van der Waals surface area (Å²) in [7, 11) is -3.61. The van der Waals surface area contributed by atoms with Gasteiger partial charge in [-0.2, -0.15) is 4.31 Å². The van der Waals surface area contributed by atoms with Crippen molar-refractivity contribution in [2.75, 3.05) is 11.4 Å². The minimum absolute atomic E-state index is 0.0573. The second kappa shape index (κ2) is 10.3. The lowest BCUT2D eigenvalue weighted by molar-refractivity contribution is 0.0556. The van der Waals surface area contributed by atoms with Crippen molar-refractivity contribution in [3.05, 3.63) is 53.7 Å². The number of amides is 1. The molecule has 0 bridgehead atoms. The van der Waals surface area contributed by atoms with E-state index in [1.54, 1.807) is 27.5 Å². The Morgan fingerprint density at radius 1 is 1.00 bits per heavy atom. The number of carbonyl (C=O) groups is 1. The first kappa shape index (κ1) is 25.6. The summed E-state index contributed by atoms with van der Waals surface area (Å²) in [6.45, 7) is 8.02. The fraction of sp³-hybridized carbons (Fsp3) is 0.556. The number of hydrogen-bond acceptors (Lipinski definition) is 5. The van der Waals surface area contributed by atoms with Crippen LogP contribution in [0.5, 0.6) is 0 Å². The molecular formula is C27H37N3O4S. The zero-order chi connectivity index (χ0) is 25.2. The number of nitrogens with zero attached hydrogens (tertiary/aromatic N) is 3. The van der Waals surface area contributed by atoms with Crippen LogP contribution in [0.25, 0.3) is 0 Å². The Hall–Kier alpha value is -2.45. The number of sulfonamides is 1. The Labute approximate surface area is 209 Å². The molecule has 7 nitrogen and oxygen atoms in total. The summed E-state index contributed by atoms with van der Waals surface area (Å²) in [6, 6.07) is 10.5. The van der Waals surface area contributed by atoms with Gasteiger partial charge in [0.15, 0.2) is 0 Å². The quantitative estimate of drug-likeness (QED) is 0.505. The minimum Gasteiger partial charge on any atom is -0.443 e. The summed E-state index contributed by atoms with van der Waals surface area (Å²) >= 11 is 0. The monoisotopic (exact) mass is 499 g/mol. The SMILES string of the molecule is Cc1ccc(S(=O)(=O)N2CCC[C@H]2c2ccc(N(C(=O)OC(C)(C)C)C3CCCCC3)nc2)cc1. The van der Waals surface area contributed by atoms with Gasteiger partial charge in [0, 0.05) is 18.8 Å². The summed E-state index contributed by atoms with van der Waals surface area (Å²) in [4.78, 5) is 19.8. The highest BCUT2D eigenvalue weighted by Gasteiger charge is 2.37.